The average Bonchev–Trinajstić information content (AvgIpc) is 2.76. The first-order chi connectivity index (χ1) is 16.9. The molecule has 0 bridgehead atoms. The minimum absolute atomic E-state index is 0.0528. The molecule has 0 radical (unpaired) electrons. The Morgan fingerprint density at radius 3 is 1.39 bits per heavy atom. The second kappa shape index (κ2) is 11.9. The molecule has 0 aliphatic carbocycles. The van der Waals surface area contributed by atoms with E-state index in [0.717, 1.165) is 59.3 Å². The molecule has 2 aliphatic heterocycles. The molecule has 2 heterocycles. The second-order valence-electron chi connectivity index (χ2n) is 10.8. The van der Waals surface area contributed by atoms with Gasteiger partial charge in [0.05, 0.1) is 0 Å². The summed E-state index contributed by atoms with van der Waals surface area (Å²) >= 11 is 23.9. The van der Waals surface area contributed by atoms with Gasteiger partial charge in [0.15, 0.2) is 0 Å². The van der Waals surface area contributed by atoms with Gasteiger partial charge in [0.1, 0.15) is 0 Å². The quantitative estimate of drug-likeness (QED) is 0.343. The summed E-state index contributed by atoms with van der Waals surface area (Å²) in [6.07, 6.45) is 4.59. The lowest BCUT2D eigenvalue weighted by molar-refractivity contribution is -0.118. The number of carbonyl (C=O) groups excluding carboxylic acids is 2. The number of carbonyl (C=O) groups is 2. The summed E-state index contributed by atoms with van der Waals surface area (Å²) in [6.45, 7) is 8.35. The maximum absolute atomic E-state index is 11.6. The normalized spacial score (nSPS) is 17.2. The third-order valence-corrected chi connectivity index (χ3v) is 7.98. The van der Waals surface area contributed by atoms with Crippen molar-refractivity contribution < 1.29 is 9.59 Å². The van der Waals surface area contributed by atoms with Crippen LogP contribution in [0.5, 0.6) is 0 Å². The monoisotopic (exact) mass is 570 g/mol. The number of amides is 2. The lowest BCUT2D eigenvalue weighted by Crippen LogP contribution is -2.32. The van der Waals surface area contributed by atoms with Crippen molar-refractivity contribution in [2.45, 2.75) is 77.0 Å². The van der Waals surface area contributed by atoms with Crippen molar-refractivity contribution in [3.05, 3.63) is 56.6 Å². The van der Waals surface area contributed by atoms with Crippen molar-refractivity contribution in [1.29, 1.82) is 0 Å². The highest BCUT2D eigenvalue weighted by atomic mass is 35.5. The molecule has 0 spiro atoms. The summed E-state index contributed by atoms with van der Waals surface area (Å²) in [5.74, 6) is 1.37. The topological polar surface area (TPSA) is 58.2 Å². The van der Waals surface area contributed by atoms with E-state index in [1.54, 1.807) is 0 Å². The van der Waals surface area contributed by atoms with Gasteiger partial charge in [0.25, 0.3) is 0 Å². The first-order valence-corrected chi connectivity index (χ1v) is 14.1. The fourth-order valence-electron chi connectivity index (χ4n) is 4.84. The minimum Gasteiger partial charge on any atom is -0.326 e. The van der Waals surface area contributed by atoms with Crippen LogP contribution in [0.25, 0.3) is 0 Å². The molecule has 0 saturated heterocycles. The average molecular weight is 572 g/mol. The summed E-state index contributed by atoms with van der Waals surface area (Å²) < 4.78 is 0. The molecule has 2 aromatic carbocycles. The van der Waals surface area contributed by atoms with Crippen LogP contribution in [0.4, 0.5) is 11.4 Å². The molecule has 196 valence electrons. The van der Waals surface area contributed by atoms with Crippen LogP contribution in [-0.4, -0.2) is 23.6 Å². The van der Waals surface area contributed by atoms with Gasteiger partial charge in [-0.15, -0.1) is 23.2 Å². The van der Waals surface area contributed by atoms with Crippen LogP contribution in [0.15, 0.2) is 24.3 Å². The standard InChI is InChI=1S/2C14H17Cl2NO/c2*1-14(2)8-13(18)17-12-7-11(16)9(4-3-5-15)6-10(12)14/h2*6-7H,3-5,8H2,1-2H3,(H,17,18). The highest BCUT2D eigenvalue weighted by Gasteiger charge is 2.33. The Morgan fingerprint density at radius 2 is 1.06 bits per heavy atom. The van der Waals surface area contributed by atoms with Gasteiger partial charge in [-0.05, 0) is 60.1 Å². The Morgan fingerprint density at radius 1 is 0.694 bits per heavy atom. The van der Waals surface area contributed by atoms with E-state index < -0.39 is 0 Å². The SMILES string of the molecule is CC1(C)CC(=O)Nc2cc(Cl)c(CCCCl)cc21.CC1(C)CC(=O)Nc2cc(Cl)c(CCCCl)cc21. The summed E-state index contributed by atoms with van der Waals surface area (Å²) in [5, 5.41) is 7.19. The van der Waals surface area contributed by atoms with Gasteiger partial charge >= 0.3 is 0 Å². The molecule has 4 nitrogen and oxygen atoms in total. The maximum atomic E-state index is 11.6. The van der Waals surface area contributed by atoms with E-state index in [1.807, 2.05) is 12.1 Å². The van der Waals surface area contributed by atoms with E-state index in [1.165, 1.54) is 0 Å². The predicted molar refractivity (Wildman–Crippen MR) is 154 cm³/mol. The first kappa shape index (κ1) is 29.1. The summed E-state index contributed by atoms with van der Waals surface area (Å²) in [4.78, 5) is 23.3. The Labute approximate surface area is 234 Å². The Kier molecular flexibility index (Phi) is 9.65. The molecular weight excluding hydrogens is 538 g/mol. The Hall–Kier alpha value is -1.46. The summed E-state index contributed by atoms with van der Waals surface area (Å²) in [7, 11) is 0. The van der Waals surface area contributed by atoms with Crippen LogP contribution >= 0.6 is 46.4 Å². The number of hydrogen-bond acceptors (Lipinski definition) is 2. The number of fused-ring (bicyclic) bond motifs is 2. The molecule has 8 heteroatoms. The molecule has 0 atom stereocenters. The molecule has 2 amide bonds. The summed E-state index contributed by atoms with van der Waals surface area (Å²) in [5.41, 5.74) is 5.95. The third-order valence-electron chi connectivity index (χ3n) is 6.74. The van der Waals surface area contributed by atoms with Gasteiger partial charge < -0.3 is 10.6 Å². The van der Waals surface area contributed by atoms with Gasteiger partial charge in [-0.1, -0.05) is 63.0 Å². The highest BCUT2D eigenvalue weighted by molar-refractivity contribution is 6.32. The van der Waals surface area contributed by atoms with Gasteiger partial charge in [0, 0.05) is 56.9 Å². The molecule has 0 unspecified atom stereocenters. The van der Waals surface area contributed by atoms with E-state index in [-0.39, 0.29) is 22.6 Å². The fraction of sp³-hybridized carbons (Fsp3) is 0.500. The zero-order chi connectivity index (χ0) is 26.7. The van der Waals surface area contributed by atoms with Crippen molar-refractivity contribution in [3.63, 3.8) is 0 Å². The molecule has 2 N–H and O–H groups in total. The van der Waals surface area contributed by atoms with Crippen LogP contribution < -0.4 is 10.6 Å². The predicted octanol–water partition coefficient (Wildman–Crippen LogP) is 8.26. The van der Waals surface area contributed by atoms with Gasteiger partial charge in [0.2, 0.25) is 11.8 Å². The lowest BCUT2D eigenvalue weighted by Gasteiger charge is -2.32. The van der Waals surface area contributed by atoms with Crippen molar-refractivity contribution in [2.24, 2.45) is 0 Å². The van der Waals surface area contributed by atoms with Crippen molar-refractivity contribution >= 4 is 69.6 Å². The zero-order valence-corrected chi connectivity index (χ0v) is 24.3. The highest BCUT2D eigenvalue weighted by Crippen LogP contribution is 2.41. The van der Waals surface area contributed by atoms with Crippen LogP contribution in [0.1, 0.15) is 75.6 Å². The van der Waals surface area contributed by atoms with Crippen LogP contribution in [0, 0.1) is 0 Å². The van der Waals surface area contributed by atoms with Crippen molar-refractivity contribution in [3.8, 4) is 0 Å². The number of nitrogens with one attached hydrogen (secondary N) is 2. The molecule has 0 fully saturated rings. The largest absolute Gasteiger partial charge is 0.326 e. The van der Waals surface area contributed by atoms with Gasteiger partial charge in [-0.2, -0.15) is 0 Å². The number of rotatable bonds is 6. The lowest BCUT2D eigenvalue weighted by atomic mass is 9.77. The van der Waals surface area contributed by atoms with Crippen LogP contribution in [0.2, 0.25) is 10.0 Å². The number of anilines is 2. The number of benzene rings is 2. The van der Waals surface area contributed by atoms with Gasteiger partial charge in [-0.3, -0.25) is 9.59 Å². The number of alkyl halides is 2. The molecule has 4 rings (SSSR count). The van der Waals surface area contributed by atoms with E-state index in [4.69, 9.17) is 46.4 Å². The van der Waals surface area contributed by atoms with E-state index in [9.17, 15) is 9.59 Å². The van der Waals surface area contributed by atoms with E-state index in [0.29, 0.717) is 34.6 Å². The number of halogens is 4. The van der Waals surface area contributed by atoms with E-state index in [2.05, 4.69) is 50.5 Å². The molecule has 0 aromatic heterocycles. The minimum atomic E-state index is -0.141. The molecule has 2 aromatic rings. The Balaban J connectivity index is 0.000000201. The molecular formula is C28H34Cl4N2O2. The molecule has 2 aliphatic rings. The summed E-state index contributed by atoms with van der Waals surface area (Å²) in [6, 6.07) is 7.95. The van der Waals surface area contributed by atoms with Crippen molar-refractivity contribution in [2.75, 3.05) is 22.4 Å². The fourth-order valence-corrected chi connectivity index (χ4v) is 5.63. The van der Waals surface area contributed by atoms with Crippen molar-refractivity contribution in [1.82, 2.24) is 0 Å². The zero-order valence-electron chi connectivity index (χ0n) is 21.3. The van der Waals surface area contributed by atoms with Gasteiger partial charge in [-0.25, -0.2) is 0 Å². The number of aryl methyl sites for hydroxylation is 2. The Bertz CT molecular complexity index is 1060. The first-order valence-electron chi connectivity index (χ1n) is 12.3. The second-order valence-corrected chi connectivity index (χ2v) is 12.4. The molecule has 36 heavy (non-hydrogen) atoms. The molecule has 0 saturated carbocycles. The maximum Gasteiger partial charge on any atom is 0.225 e. The smallest absolute Gasteiger partial charge is 0.225 e. The van der Waals surface area contributed by atoms with Crippen LogP contribution in [-0.2, 0) is 33.3 Å². The van der Waals surface area contributed by atoms with Crippen LogP contribution in [0.3, 0.4) is 0 Å². The van der Waals surface area contributed by atoms with E-state index >= 15 is 0 Å². The third kappa shape index (κ3) is 6.89. The number of hydrogen-bond donors (Lipinski definition) is 2.